The van der Waals surface area contributed by atoms with Gasteiger partial charge in [-0.15, -0.1) is 24.0 Å². The molecule has 6 nitrogen and oxygen atoms in total. The van der Waals surface area contributed by atoms with Crippen LogP contribution in [0.3, 0.4) is 0 Å². The summed E-state index contributed by atoms with van der Waals surface area (Å²) >= 11 is 0. The van der Waals surface area contributed by atoms with Crippen LogP contribution in [0.1, 0.15) is 18.9 Å². The van der Waals surface area contributed by atoms with Gasteiger partial charge in [0.2, 0.25) is 0 Å². The zero-order chi connectivity index (χ0) is 21.1. The van der Waals surface area contributed by atoms with E-state index in [0.717, 1.165) is 5.56 Å². The summed E-state index contributed by atoms with van der Waals surface area (Å²) in [5, 5.41) is 6.21. The van der Waals surface area contributed by atoms with Crippen LogP contribution in [-0.2, 0) is 15.6 Å². The first-order chi connectivity index (χ1) is 13.9. The van der Waals surface area contributed by atoms with Crippen molar-refractivity contribution >= 4 is 39.8 Å². The highest BCUT2D eigenvalue weighted by atomic mass is 127. The summed E-state index contributed by atoms with van der Waals surface area (Å²) in [4.78, 5) is 4.11. The molecule has 0 aliphatic heterocycles. The van der Waals surface area contributed by atoms with Gasteiger partial charge in [0, 0.05) is 19.7 Å². The van der Waals surface area contributed by atoms with Crippen LogP contribution in [0.5, 0.6) is 5.75 Å². The van der Waals surface area contributed by atoms with Crippen molar-refractivity contribution in [2.45, 2.75) is 25.2 Å². The zero-order valence-electron chi connectivity index (χ0n) is 17.2. The Morgan fingerprint density at radius 1 is 1.13 bits per heavy atom. The van der Waals surface area contributed by atoms with E-state index in [1.54, 1.807) is 19.2 Å². The molecule has 1 unspecified atom stereocenters. The van der Waals surface area contributed by atoms with E-state index in [2.05, 4.69) is 15.6 Å². The molecule has 0 amide bonds. The lowest BCUT2D eigenvalue weighted by Crippen LogP contribution is -2.42. The summed E-state index contributed by atoms with van der Waals surface area (Å²) in [6.45, 7) is 2.80. The van der Waals surface area contributed by atoms with E-state index in [9.17, 15) is 12.8 Å². The fourth-order valence-corrected chi connectivity index (χ4v) is 4.10. The largest absolute Gasteiger partial charge is 0.489 e. The predicted octanol–water partition coefficient (Wildman–Crippen LogP) is 3.38. The van der Waals surface area contributed by atoms with Crippen molar-refractivity contribution < 1.29 is 17.5 Å². The molecule has 2 N–H and O–H groups in total. The van der Waals surface area contributed by atoms with Gasteiger partial charge in [-0.05, 0) is 31.0 Å². The standard InChI is InChI=1S/C21H28FN3O3S.HI/c1-17(28-20-11-6-10-19(22)14-20)15-25-21(23-2)24-12-7-13-29(26,27)16-18-8-4-3-5-9-18;/h3-6,8-11,14,17H,7,12-13,15-16H2,1-2H3,(H2,23,24,25);1H. The normalized spacial score (nSPS) is 12.6. The summed E-state index contributed by atoms with van der Waals surface area (Å²) in [7, 11) is -1.52. The summed E-state index contributed by atoms with van der Waals surface area (Å²) in [5.41, 5.74) is 0.797. The number of benzene rings is 2. The number of ether oxygens (including phenoxy) is 1. The molecule has 2 aromatic carbocycles. The van der Waals surface area contributed by atoms with E-state index >= 15 is 0 Å². The quantitative estimate of drug-likeness (QED) is 0.206. The van der Waals surface area contributed by atoms with Crippen LogP contribution in [0.15, 0.2) is 59.6 Å². The smallest absolute Gasteiger partial charge is 0.191 e. The number of hydrogen-bond acceptors (Lipinski definition) is 4. The van der Waals surface area contributed by atoms with Gasteiger partial charge in [-0.25, -0.2) is 12.8 Å². The number of hydrogen-bond donors (Lipinski definition) is 2. The molecule has 0 heterocycles. The maximum atomic E-state index is 13.2. The molecule has 0 aromatic heterocycles. The van der Waals surface area contributed by atoms with Gasteiger partial charge in [0.05, 0.1) is 18.1 Å². The molecule has 30 heavy (non-hydrogen) atoms. The van der Waals surface area contributed by atoms with Crippen molar-refractivity contribution in [1.29, 1.82) is 0 Å². The first-order valence-corrected chi connectivity index (χ1v) is 11.3. The van der Waals surface area contributed by atoms with Crippen molar-refractivity contribution in [2.24, 2.45) is 4.99 Å². The van der Waals surface area contributed by atoms with Gasteiger partial charge in [0.1, 0.15) is 17.7 Å². The highest BCUT2D eigenvalue weighted by molar-refractivity contribution is 14.0. The van der Waals surface area contributed by atoms with Gasteiger partial charge >= 0.3 is 0 Å². The minimum absolute atomic E-state index is 0. The van der Waals surface area contributed by atoms with Crippen LogP contribution < -0.4 is 15.4 Å². The molecular weight excluding hydrogens is 520 g/mol. The second kappa shape index (κ2) is 13.4. The Hall–Kier alpha value is -1.88. The summed E-state index contributed by atoms with van der Waals surface area (Å²) in [5.74, 6) is 0.828. The van der Waals surface area contributed by atoms with Gasteiger partial charge in [-0.1, -0.05) is 36.4 Å². The predicted molar refractivity (Wildman–Crippen MR) is 130 cm³/mol. The van der Waals surface area contributed by atoms with Gasteiger partial charge in [0.25, 0.3) is 0 Å². The number of sulfone groups is 1. The second-order valence-electron chi connectivity index (χ2n) is 6.70. The molecule has 0 spiro atoms. The lowest BCUT2D eigenvalue weighted by molar-refractivity contribution is 0.223. The van der Waals surface area contributed by atoms with Crippen LogP contribution in [0.25, 0.3) is 0 Å². The number of guanidine groups is 1. The molecule has 0 radical (unpaired) electrons. The highest BCUT2D eigenvalue weighted by Crippen LogP contribution is 2.13. The van der Waals surface area contributed by atoms with Gasteiger partial charge < -0.3 is 15.4 Å². The molecule has 0 saturated carbocycles. The van der Waals surface area contributed by atoms with E-state index < -0.39 is 9.84 Å². The van der Waals surface area contributed by atoms with E-state index in [1.165, 1.54) is 12.1 Å². The van der Waals surface area contributed by atoms with Gasteiger partial charge in [-0.3, -0.25) is 4.99 Å². The maximum absolute atomic E-state index is 13.2. The van der Waals surface area contributed by atoms with Crippen LogP contribution in [0.2, 0.25) is 0 Å². The number of rotatable bonds is 10. The topological polar surface area (TPSA) is 79.8 Å². The zero-order valence-corrected chi connectivity index (χ0v) is 20.3. The van der Waals surface area contributed by atoms with Crippen molar-refractivity contribution in [2.75, 3.05) is 25.9 Å². The third-order valence-electron chi connectivity index (χ3n) is 4.07. The summed E-state index contributed by atoms with van der Waals surface area (Å²) in [6.07, 6.45) is 0.271. The minimum Gasteiger partial charge on any atom is -0.489 e. The lowest BCUT2D eigenvalue weighted by atomic mass is 10.2. The molecule has 0 bridgehead atoms. The van der Waals surface area contributed by atoms with Crippen LogP contribution in [0.4, 0.5) is 4.39 Å². The first kappa shape index (κ1) is 26.2. The molecule has 0 aliphatic carbocycles. The Kier molecular flexibility index (Phi) is 11.7. The van der Waals surface area contributed by atoms with E-state index in [4.69, 9.17) is 4.74 Å². The van der Waals surface area contributed by atoms with Crippen molar-refractivity contribution in [3.63, 3.8) is 0 Å². The Morgan fingerprint density at radius 2 is 1.87 bits per heavy atom. The Balaban J connectivity index is 0.00000450. The molecular formula is C21H29FIN3O3S. The van der Waals surface area contributed by atoms with Crippen molar-refractivity contribution in [1.82, 2.24) is 10.6 Å². The van der Waals surface area contributed by atoms with Crippen LogP contribution in [-0.4, -0.2) is 46.4 Å². The molecule has 0 aliphatic rings. The van der Waals surface area contributed by atoms with E-state index in [0.29, 0.717) is 31.2 Å². The van der Waals surface area contributed by atoms with E-state index in [1.807, 2.05) is 37.3 Å². The average molecular weight is 549 g/mol. The minimum atomic E-state index is -3.15. The average Bonchev–Trinajstić information content (AvgIpc) is 2.68. The van der Waals surface area contributed by atoms with Crippen molar-refractivity contribution in [3.8, 4) is 5.75 Å². The van der Waals surface area contributed by atoms with E-state index in [-0.39, 0.29) is 47.4 Å². The highest BCUT2D eigenvalue weighted by Gasteiger charge is 2.12. The Bertz CT molecular complexity index is 895. The molecule has 2 rings (SSSR count). The molecule has 0 fully saturated rings. The van der Waals surface area contributed by atoms with Gasteiger partial charge in [0.15, 0.2) is 15.8 Å². The third kappa shape index (κ3) is 10.2. The fraction of sp³-hybridized carbons (Fsp3) is 0.381. The van der Waals surface area contributed by atoms with Gasteiger partial charge in [-0.2, -0.15) is 0 Å². The number of aliphatic imine (C=N–C) groups is 1. The molecule has 9 heteroatoms. The molecule has 1 atom stereocenters. The summed E-state index contributed by atoms with van der Waals surface area (Å²) in [6, 6.07) is 15.1. The first-order valence-electron chi connectivity index (χ1n) is 9.49. The molecule has 0 saturated heterocycles. The lowest BCUT2D eigenvalue weighted by Gasteiger charge is -2.17. The number of halogens is 2. The van der Waals surface area contributed by atoms with Crippen LogP contribution >= 0.6 is 24.0 Å². The summed E-state index contributed by atoms with van der Waals surface area (Å²) < 4.78 is 43.3. The van der Waals surface area contributed by atoms with Crippen molar-refractivity contribution in [3.05, 3.63) is 66.0 Å². The number of nitrogens with one attached hydrogen (secondary N) is 2. The monoisotopic (exact) mass is 549 g/mol. The SMILES string of the molecule is CN=C(NCCCS(=O)(=O)Cc1ccccc1)NCC(C)Oc1cccc(F)c1.I. The number of nitrogens with zero attached hydrogens (tertiary/aromatic N) is 1. The third-order valence-corrected chi connectivity index (χ3v) is 5.75. The van der Waals surface area contributed by atoms with Crippen LogP contribution in [0, 0.1) is 5.82 Å². The Labute approximate surface area is 195 Å². The molecule has 2 aromatic rings. The fourth-order valence-electron chi connectivity index (χ4n) is 2.67. The molecule has 166 valence electrons. The second-order valence-corrected chi connectivity index (χ2v) is 8.88. The maximum Gasteiger partial charge on any atom is 0.191 e. The Morgan fingerprint density at radius 3 is 2.53 bits per heavy atom.